The number of amides is 2. The van der Waals surface area contributed by atoms with E-state index in [1.807, 2.05) is 32.0 Å². The lowest BCUT2D eigenvalue weighted by Crippen LogP contribution is -2.20. The average Bonchev–Trinajstić information content (AvgIpc) is 2.76. The van der Waals surface area contributed by atoms with Gasteiger partial charge in [-0.3, -0.25) is 9.59 Å². The number of phenolic OH excluding ortho intramolecular Hbond substituents is 1. The van der Waals surface area contributed by atoms with E-state index in [-0.39, 0.29) is 17.6 Å². The Bertz CT molecular complexity index is 1070. The summed E-state index contributed by atoms with van der Waals surface area (Å²) in [6.07, 6.45) is 0.620. The van der Waals surface area contributed by atoms with E-state index in [1.54, 1.807) is 54.6 Å². The summed E-state index contributed by atoms with van der Waals surface area (Å²) >= 11 is 0. The number of aromatic hydroxyl groups is 1. The number of aryl methyl sites for hydroxylation is 1. The van der Waals surface area contributed by atoms with Gasteiger partial charge in [-0.1, -0.05) is 25.1 Å². The van der Waals surface area contributed by atoms with Crippen LogP contribution in [0.4, 0.5) is 5.69 Å². The molecule has 0 aliphatic carbocycles. The van der Waals surface area contributed by atoms with Crippen molar-refractivity contribution in [3.8, 4) is 5.75 Å². The van der Waals surface area contributed by atoms with Gasteiger partial charge in [0, 0.05) is 16.8 Å². The van der Waals surface area contributed by atoms with Gasteiger partial charge in [0.15, 0.2) is 0 Å². The number of benzene rings is 3. The van der Waals surface area contributed by atoms with Crippen molar-refractivity contribution < 1.29 is 14.7 Å². The molecule has 0 aromatic heterocycles. The quantitative estimate of drug-likeness (QED) is 0.420. The lowest BCUT2D eigenvalue weighted by atomic mass is 10.1. The third kappa shape index (κ3) is 5.11. The molecule has 0 aliphatic rings. The van der Waals surface area contributed by atoms with Crippen LogP contribution in [-0.4, -0.2) is 22.6 Å². The molecule has 0 saturated carbocycles. The second-order valence-electron chi connectivity index (χ2n) is 6.75. The molecule has 0 bridgehead atoms. The SMILES string of the molecule is CCC(=NNC(=O)c1ccc(NC(=O)c2ccccc2C)cc1)c1ccc(O)cc1. The Morgan fingerprint density at radius 1 is 0.867 bits per heavy atom. The van der Waals surface area contributed by atoms with Crippen molar-refractivity contribution in [2.45, 2.75) is 20.3 Å². The third-order valence-corrected chi connectivity index (χ3v) is 4.62. The van der Waals surface area contributed by atoms with Crippen molar-refractivity contribution in [2.75, 3.05) is 5.32 Å². The number of rotatable bonds is 6. The average molecular weight is 401 g/mol. The highest BCUT2D eigenvalue weighted by atomic mass is 16.3. The number of carbonyl (C=O) groups is 2. The first-order valence-corrected chi connectivity index (χ1v) is 9.61. The highest BCUT2D eigenvalue weighted by Gasteiger charge is 2.10. The van der Waals surface area contributed by atoms with Gasteiger partial charge in [-0.15, -0.1) is 0 Å². The summed E-state index contributed by atoms with van der Waals surface area (Å²) in [6.45, 7) is 3.81. The maximum Gasteiger partial charge on any atom is 0.271 e. The van der Waals surface area contributed by atoms with E-state index in [4.69, 9.17) is 0 Å². The maximum atomic E-state index is 12.4. The minimum Gasteiger partial charge on any atom is -0.508 e. The lowest BCUT2D eigenvalue weighted by molar-refractivity contribution is 0.0954. The van der Waals surface area contributed by atoms with Crippen LogP contribution in [0.25, 0.3) is 0 Å². The molecule has 0 heterocycles. The van der Waals surface area contributed by atoms with Crippen LogP contribution < -0.4 is 10.7 Å². The van der Waals surface area contributed by atoms with E-state index in [2.05, 4.69) is 15.8 Å². The molecule has 3 aromatic rings. The Balaban J connectivity index is 1.65. The summed E-state index contributed by atoms with van der Waals surface area (Å²) in [5, 5.41) is 16.4. The Morgan fingerprint density at radius 3 is 2.13 bits per heavy atom. The van der Waals surface area contributed by atoms with Crippen LogP contribution in [0.3, 0.4) is 0 Å². The molecule has 0 saturated heterocycles. The Hall–Kier alpha value is -3.93. The van der Waals surface area contributed by atoms with Crippen LogP contribution in [0.2, 0.25) is 0 Å². The fraction of sp³-hybridized carbons (Fsp3) is 0.125. The number of carbonyl (C=O) groups excluding carboxylic acids is 2. The second kappa shape index (κ2) is 9.52. The number of hydrazone groups is 1. The highest BCUT2D eigenvalue weighted by molar-refractivity contribution is 6.05. The summed E-state index contributed by atoms with van der Waals surface area (Å²) in [7, 11) is 0. The van der Waals surface area contributed by atoms with Crippen molar-refractivity contribution in [1.29, 1.82) is 0 Å². The monoisotopic (exact) mass is 401 g/mol. The molecule has 0 aliphatic heterocycles. The molecule has 3 aromatic carbocycles. The molecule has 0 radical (unpaired) electrons. The molecular formula is C24H23N3O3. The van der Waals surface area contributed by atoms with Crippen LogP contribution in [0, 0.1) is 6.92 Å². The van der Waals surface area contributed by atoms with E-state index >= 15 is 0 Å². The minimum absolute atomic E-state index is 0.174. The van der Waals surface area contributed by atoms with Crippen LogP contribution in [0.1, 0.15) is 45.2 Å². The smallest absolute Gasteiger partial charge is 0.271 e. The van der Waals surface area contributed by atoms with Gasteiger partial charge in [0.25, 0.3) is 11.8 Å². The zero-order chi connectivity index (χ0) is 21.5. The van der Waals surface area contributed by atoms with Gasteiger partial charge in [0.2, 0.25) is 0 Å². The number of nitrogens with zero attached hydrogens (tertiary/aromatic N) is 1. The van der Waals surface area contributed by atoms with Gasteiger partial charge in [-0.25, -0.2) is 5.43 Å². The molecule has 3 N–H and O–H groups in total. The van der Waals surface area contributed by atoms with Gasteiger partial charge < -0.3 is 10.4 Å². The molecule has 0 atom stereocenters. The van der Waals surface area contributed by atoms with Crippen LogP contribution in [-0.2, 0) is 0 Å². The van der Waals surface area contributed by atoms with Gasteiger partial charge in [0.1, 0.15) is 5.75 Å². The summed E-state index contributed by atoms with van der Waals surface area (Å²) in [6, 6.07) is 20.6. The van der Waals surface area contributed by atoms with Crippen molar-refractivity contribution >= 4 is 23.2 Å². The third-order valence-electron chi connectivity index (χ3n) is 4.62. The molecule has 0 unspecified atom stereocenters. The van der Waals surface area contributed by atoms with Crippen molar-refractivity contribution in [3.05, 3.63) is 95.1 Å². The van der Waals surface area contributed by atoms with Gasteiger partial charge >= 0.3 is 0 Å². The first kappa shape index (κ1) is 20.8. The molecule has 6 heteroatoms. The summed E-state index contributed by atoms with van der Waals surface area (Å²) < 4.78 is 0. The summed E-state index contributed by atoms with van der Waals surface area (Å²) in [5.41, 5.74) is 6.60. The maximum absolute atomic E-state index is 12.4. The number of anilines is 1. The van der Waals surface area contributed by atoms with Crippen LogP contribution in [0.15, 0.2) is 77.9 Å². The Kier molecular flexibility index (Phi) is 6.60. The summed E-state index contributed by atoms with van der Waals surface area (Å²) in [5.74, 6) is -0.374. The van der Waals surface area contributed by atoms with E-state index in [1.165, 1.54) is 0 Å². The minimum atomic E-state index is -0.350. The van der Waals surface area contributed by atoms with Crippen LogP contribution >= 0.6 is 0 Å². The second-order valence-corrected chi connectivity index (χ2v) is 6.75. The highest BCUT2D eigenvalue weighted by Crippen LogP contribution is 2.14. The van der Waals surface area contributed by atoms with Gasteiger partial charge in [-0.05, 0) is 79.1 Å². The molecule has 30 heavy (non-hydrogen) atoms. The van der Waals surface area contributed by atoms with E-state index in [9.17, 15) is 14.7 Å². The Labute approximate surface area is 175 Å². The molecule has 152 valence electrons. The zero-order valence-electron chi connectivity index (χ0n) is 16.8. The number of phenols is 1. The van der Waals surface area contributed by atoms with Crippen molar-refractivity contribution in [1.82, 2.24) is 5.43 Å². The lowest BCUT2D eigenvalue weighted by Gasteiger charge is -2.09. The predicted octanol–water partition coefficient (Wildman–Crippen LogP) is 4.50. The number of hydrogen-bond donors (Lipinski definition) is 3. The van der Waals surface area contributed by atoms with E-state index < -0.39 is 0 Å². The van der Waals surface area contributed by atoms with E-state index in [0.29, 0.717) is 28.9 Å². The fourth-order valence-electron chi connectivity index (χ4n) is 2.92. The topological polar surface area (TPSA) is 90.8 Å². The van der Waals surface area contributed by atoms with Gasteiger partial charge in [-0.2, -0.15) is 5.10 Å². The molecule has 3 rings (SSSR count). The van der Waals surface area contributed by atoms with E-state index in [0.717, 1.165) is 11.1 Å². The van der Waals surface area contributed by atoms with Crippen molar-refractivity contribution in [2.24, 2.45) is 5.10 Å². The molecule has 0 spiro atoms. The Morgan fingerprint density at radius 2 is 1.50 bits per heavy atom. The largest absolute Gasteiger partial charge is 0.508 e. The predicted molar refractivity (Wildman–Crippen MR) is 118 cm³/mol. The van der Waals surface area contributed by atoms with Gasteiger partial charge in [0.05, 0.1) is 5.71 Å². The van der Waals surface area contributed by atoms with Crippen LogP contribution in [0.5, 0.6) is 5.75 Å². The standard InChI is InChI=1S/C24H23N3O3/c1-3-22(17-10-14-20(28)15-11-17)26-27-23(29)18-8-12-19(13-9-18)25-24(30)21-7-5-4-6-16(21)2/h4-15,28H,3H2,1-2H3,(H,25,30)(H,27,29). The normalized spacial score (nSPS) is 11.1. The first-order chi connectivity index (χ1) is 14.5. The zero-order valence-corrected chi connectivity index (χ0v) is 16.8. The molecular weight excluding hydrogens is 378 g/mol. The molecule has 0 fully saturated rings. The fourth-order valence-corrected chi connectivity index (χ4v) is 2.92. The molecule has 2 amide bonds. The van der Waals surface area contributed by atoms with Crippen molar-refractivity contribution in [3.63, 3.8) is 0 Å². The first-order valence-electron chi connectivity index (χ1n) is 9.61. The molecule has 6 nitrogen and oxygen atoms in total. The summed E-state index contributed by atoms with van der Waals surface area (Å²) in [4.78, 5) is 24.8. The number of nitrogens with one attached hydrogen (secondary N) is 2. The number of hydrogen-bond acceptors (Lipinski definition) is 4.